The number of amides is 2. The van der Waals surface area contributed by atoms with Gasteiger partial charge in [0.25, 0.3) is 0 Å². The lowest BCUT2D eigenvalue weighted by molar-refractivity contribution is -0.432. The lowest BCUT2D eigenvalue weighted by atomic mass is 9.79. The van der Waals surface area contributed by atoms with Gasteiger partial charge in [0.2, 0.25) is 11.8 Å². The van der Waals surface area contributed by atoms with E-state index in [0.717, 1.165) is 120 Å². The number of benzene rings is 4. The van der Waals surface area contributed by atoms with Gasteiger partial charge in [0.1, 0.15) is 0 Å². The van der Waals surface area contributed by atoms with Crippen LogP contribution in [0.5, 0.6) is 0 Å². The fourth-order valence-corrected chi connectivity index (χ4v) is 14.5. The number of piperidine rings is 3. The molecule has 5 fully saturated rings. The first kappa shape index (κ1) is 141. The predicted octanol–water partition coefficient (Wildman–Crippen LogP) is 10.5. The molecule has 38 heteroatoms. The molecule has 5 saturated heterocycles. The number of para-hydroxylation sites is 3. The second-order valence-electron chi connectivity index (χ2n) is 36.7. The summed E-state index contributed by atoms with van der Waals surface area (Å²) >= 11 is 2.02. The Morgan fingerprint density at radius 1 is 0.461 bits per heavy atom. The number of carbonyl (C=O) groups excluding carboxylic acids is 3. The number of likely N-dealkylation sites (tertiary alicyclic amines) is 4. The van der Waals surface area contributed by atoms with Crippen LogP contribution >= 0.6 is 24.1 Å². The number of ether oxygens (including phenoxy) is 4. The Hall–Kier alpha value is -6.66. The van der Waals surface area contributed by atoms with Gasteiger partial charge in [-0.3, -0.25) is 33.9 Å². The van der Waals surface area contributed by atoms with Crippen molar-refractivity contribution in [2.75, 3.05) is 318 Å². The highest BCUT2D eigenvalue weighted by Gasteiger charge is 2.42. The topological polar surface area (TPSA) is 375 Å². The zero-order valence-corrected chi connectivity index (χ0v) is 92.8. The average molecular weight is 2040 g/mol. The van der Waals surface area contributed by atoms with Crippen molar-refractivity contribution in [2.24, 2.45) is 7.05 Å². The first-order valence-corrected chi connectivity index (χ1v) is 50.9. The van der Waals surface area contributed by atoms with Crippen LogP contribution < -0.4 is 20.4 Å². The van der Waals surface area contributed by atoms with E-state index in [1.54, 1.807) is 16.8 Å². The zero-order chi connectivity index (χ0) is 107. The van der Waals surface area contributed by atoms with E-state index in [1.165, 1.54) is 116 Å². The summed E-state index contributed by atoms with van der Waals surface area (Å²) in [5, 5.41) is 79.6. The number of carboxylic acids is 1. The number of hydrogen-bond donors (Lipinski definition) is 10. The molecule has 5 aliphatic rings. The van der Waals surface area contributed by atoms with Crippen molar-refractivity contribution in [3.8, 4) is 0 Å². The van der Waals surface area contributed by atoms with Crippen molar-refractivity contribution in [3.05, 3.63) is 151 Å². The van der Waals surface area contributed by atoms with Crippen LogP contribution in [0.15, 0.2) is 146 Å². The zero-order valence-electron chi connectivity index (χ0n) is 91.1. The molecule has 0 saturated carbocycles. The van der Waals surface area contributed by atoms with E-state index >= 15 is 0 Å². The molecule has 2 amide bonds. The molecule has 5 aromatic rings. The van der Waals surface area contributed by atoms with Crippen LogP contribution in [0.1, 0.15) is 125 Å². The van der Waals surface area contributed by atoms with Crippen LogP contribution in [0.4, 0.5) is 17.1 Å². The Labute approximate surface area is 859 Å². The van der Waals surface area contributed by atoms with Crippen molar-refractivity contribution in [2.45, 2.75) is 155 Å². The van der Waals surface area contributed by atoms with Gasteiger partial charge in [-0.15, -0.1) is 8.67 Å². The number of carbonyl (C=O) groups is 4. The van der Waals surface area contributed by atoms with Crippen molar-refractivity contribution in [1.29, 1.82) is 0 Å². The third-order valence-electron chi connectivity index (χ3n) is 22.4. The number of morpholine rings is 1. The fraction of sp³-hybridized carbons (Fsp3) is 0.689. The summed E-state index contributed by atoms with van der Waals surface area (Å²) in [4.78, 5) is 69.4. The number of aryl methyl sites for hydroxylation is 1. The molecule has 36 nitrogen and oxygen atoms in total. The van der Waals surface area contributed by atoms with Crippen molar-refractivity contribution in [1.82, 2.24) is 69.1 Å². The van der Waals surface area contributed by atoms with Gasteiger partial charge < -0.3 is 114 Å². The van der Waals surface area contributed by atoms with Crippen molar-refractivity contribution < 1.29 is 98.0 Å². The standard InChI is InChI=1S/C13H13N.C10H13NO2.C10H21NO.C9H19N3O2.C9H21NO4.C8H17N.C8H11N.C6H13N.C5H13NO6S2.C5H11NO2.C5H13NO2.C5H11NO.C5H11N.C5H7N/c1-14(12-8-4-2-5-9-12)13-10-6-3-7-11-13;1-11(8-10(12)13)7-9-5-3-2-4-6-9;1-9(2)6-8(12)7-10(3,4)11(9)5;1-8(13)10-4-6-12(3)7-5-11-9(2)14;1-10(2-6-13-8-4-11)3-7-14-9-5-12;1-7-5-4-6-8(2)9(7)3;1-9(2)8-6-4-3-5-7-8;1-7-5-3-2-4-6-7;1-6(2-4-13-11-9-7)3-5-14-12-10-8;1-6(2)4-5(7)8-3;1-6(2-4-7)3-5-8;1-6-2-4-7-5-3-6;2*1-6-4-2-3-5-6/h2-11H,1H3;2-6H,7-8H2,1H3,(H,12,13);8,12H,6-7H2,1-5H3;4-7H2,1-3H3,(H,10,13)(H,11,14);11-12H,2-9H2,1H3;7-8H,4-6H2,1-3H3;3-7H,1-2H3;2-6H2,1H3;7-8H,2-5H2,1H3;4H2,1-3H3;7-8H,2-5H2,1H3;2-5H2,1H3;2-5H2,1H3;2-5H,1H3. The molecule has 818 valence electrons. The van der Waals surface area contributed by atoms with Gasteiger partial charge in [-0.2, -0.15) is 0 Å². The lowest BCUT2D eigenvalue weighted by Gasteiger charge is -2.52. The van der Waals surface area contributed by atoms with Crippen LogP contribution in [0.25, 0.3) is 0 Å². The van der Waals surface area contributed by atoms with E-state index in [2.05, 4.69) is 218 Å². The molecule has 141 heavy (non-hydrogen) atoms. The van der Waals surface area contributed by atoms with E-state index in [9.17, 15) is 24.3 Å². The van der Waals surface area contributed by atoms with Crippen LogP contribution in [0.2, 0.25) is 0 Å². The second kappa shape index (κ2) is 94.3. The average Bonchev–Trinajstić information content (AvgIpc) is 1.17. The Bertz CT molecular complexity index is 3390. The number of esters is 1. The number of carboxylic acid groups (broad SMARTS) is 1. The minimum Gasteiger partial charge on any atom is -0.480 e. The minimum absolute atomic E-state index is 0.0136. The van der Waals surface area contributed by atoms with Crippen LogP contribution in [0.3, 0.4) is 0 Å². The fourth-order valence-electron chi connectivity index (χ4n) is 13.5. The summed E-state index contributed by atoms with van der Waals surface area (Å²) in [7, 11) is 33.5. The third kappa shape index (κ3) is 90.6. The molecule has 0 spiro atoms. The molecule has 0 aliphatic carbocycles. The maximum Gasteiger partial charge on any atom is 0.319 e. The Balaban J connectivity index is -0.000000723. The summed E-state index contributed by atoms with van der Waals surface area (Å²) in [5.41, 5.74) is 5.05. The largest absolute Gasteiger partial charge is 0.480 e. The first-order chi connectivity index (χ1) is 67.0. The van der Waals surface area contributed by atoms with Gasteiger partial charge in [0.05, 0.1) is 92.4 Å². The monoisotopic (exact) mass is 2040 g/mol. The summed E-state index contributed by atoms with van der Waals surface area (Å²) in [5.74, 6) is 0.312. The molecular formula is C103H194N16O20S2. The molecular weight excluding hydrogens is 1850 g/mol. The highest BCUT2D eigenvalue weighted by Crippen LogP contribution is 2.36. The van der Waals surface area contributed by atoms with E-state index in [1.807, 2.05) is 168 Å². The van der Waals surface area contributed by atoms with E-state index in [4.69, 9.17) is 50.3 Å². The number of aliphatic hydroxyl groups is 5. The normalized spacial score (nSPS) is 15.9. The molecule has 2 unspecified atom stereocenters. The van der Waals surface area contributed by atoms with Gasteiger partial charge in [-0.05, 0) is 258 Å². The number of nitrogens with one attached hydrogen (secondary N) is 2. The Morgan fingerprint density at radius 3 is 1.12 bits per heavy atom. The van der Waals surface area contributed by atoms with Crippen LogP contribution in [-0.2, 0) is 70.5 Å². The highest BCUT2D eigenvalue weighted by molar-refractivity contribution is 7.94. The number of aliphatic carboxylic acids is 1. The first-order valence-electron chi connectivity index (χ1n) is 49.1. The van der Waals surface area contributed by atoms with Gasteiger partial charge in [-0.25, -0.2) is 10.5 Å². The number of aromatic nitrogens is 1. The third-order valence-corrected chi connectivity index (χ3v) is 23.4. The summed E-state index contributed by atoms with van der Waals surface area (Å²) in [6, 6.07) is 46.4. The molecule has 5 aliphatic heterocycles. The van der Waals surface area contributed by atoms with Crippen molar-refractivity contribution in [3.63, 3.8) is 0 Å². The molecule has 2 atom stereocenters. The van der Waals surface area contributed by atoms with Gasteiger partial charge in [0, 0.05) is 215 Å². The molecule has 10 rings (SSSR count). The summed E-state index contributed by atoms with van der Waals surface area (Å²) in [6.07, 6.45) is 16.9. The van der Waals surface area contributed by atoms with Gasteiger partial charge in [-0.1, -0.05) is 108 Å². The number of anilines is 3. The van der Waals surface area contributed by atoms with Gasteiger partial charge in [0.15, 0.2) is 0 Å². The SMILES string of the molecule is CC(=O)NCCN(C)CCNC(C)=O.CC1CCCC(C)N1C.CN(C)c1ccccc1.CN(CC(=O)O)Cc1ccccc1.CN(CCO)CCO.CN(CCOCCO)CCOCCO.CN(CCSOOO)CCSOOO.CN(c1ccccc1)c1ccccc1.CN1C(C)(C)CC(O)CC1(C)C.CN1CCCC1.CN1CCCCC1.CN1CCOCC1.COC(=O)CN(C)C.Cn1cccc1. The molecule has 0 bridgehead atoms. The summed E-state index contributed by atoms with van der Waals surface area (Å²) < 4.78 is 30.1. The van der Waals surface area contributed by atoms with E-state index in [-0.39, 0.29) is 67.9 Å². The Morgan fingerprint density at radius 2 is 0.830 bits per heavy atom. The second-order valence-corrected chi connectivity index (χ2v) is 38.3. The number of nitrogens with zero attached hydrogens (tertiary/aromatic N) is 14. The van der Waals surface area contributed by atoms with Crippen molar-refractivity contribution >= 4 is 64.9 Å². The lowest BCUT2D eigenvalue weighted by Crippen LogP contribution is -2.59. The minimum atomic E-state index is -0.793. The van der Waals surface area contributed by atoms with Crippen LogP contribution in [-0.4, -0.2) is 461 Å². The molecule has 0 radical (unpaired) electrons. The molecule has 10 N–H and O–H groups in total. The predicted molar refractivity (Wildman–Crippen MR) is 578 cm³/mol. The van der Waals surface area contributed by atoms with Gasteiger partial charge >= 0.3 is 11.9 Å². The Kier molecular flexibility index (Phi) is 94.1. The smallest absolute Gasteiger partial charge is 0.319 e. The number of likely N-dealkylation sites (N-methyl/N-ethyl adjacent to an activating group) is 6. The van der Waals surface area contributed by atoms with E-state index < -0.39 is 5.97 Å². The number of methoxy groups -OCH3 is 1. The number of rotatable bonds is 39. The molecule has 1 aromatic heterocycles. The molecule has 4 aromatic carbocycles. The molecule has 6 heterocycles. The summed E-state index contributed by atoms with van der Waals surface area (Å²) in [6.45, 7) is 36.6. The number of hydrogen-bond acceptors (Lipinski definition) is 34. The quantitative estimate of drug-likeness (QED) is 0.00574. The van der Waals surface area contributed by atoms with Crippen LogP contribution in [0, 0.1) is 0 Å². The highest BCUT2D eigenvalue weighted by atomic mass is 32.2. The number of aliphatic hydroxyl groups excluding tert-OH is 5. The van der Waals surface area contributed by atoms with E-state index in [0.29, 0.717) is 77.2 Å². The maximum atomic E-state index is 10.5. The maximum absolute atomic E-state index is 10.5.